The molecular weight excluding hydrogens is 326 g/mol. The SMILES string of the molecule is O=C(CCNc1ccccc1[N+](=O)[O-])N(Cc1cccs1)C1CC1. The average Bonchev–Trinajstić information content (AvgIpc) is 3.28. The van der Waals surface area contributed by atoms with E-state index in [1.807, 2.05) is 22.4 Å². The first-order valence-electron chi connectivity index (χ1n) is 7.94. The van der Waals surface area contributed by atoms with Crippen molar-refractivity contribution >= 4 is 28.6 Å². The number of thiophene rings is 1. The third-order valence-corrected chi connectivity index (χ3v) is 4.83. The quantitative estimate of drug-likeness (QED) is 0.585. The minimum absolute atomic E-state index is 0.0302. The zero-order valence-electron chi connectivity index (χ0n) is 13.2. The summed E-state index contributed by atoms with van der Waals surface area (Å²) in [5.74, 6) is 0.0944. The first-order chi connectivity index (χ1) is 11.6. The zero-order chi connectivity index (χ0) is 16.9. The van der Waals surface area contributed by atoms with Gasteiger partial charge in [-0.25, -0.2) is 0 Å². The van der Waals surface area contributed by atoms with Crippen LogP contribution in [0.2, 0.25) is 0 Å². The topological polar surface area (TPSA) is 75.5 Å². The Hall–Kier alpha value is -2.41. The lowest BCUT2D eigenvalue weighted by molar-refractivity contribution is -0.384. The smallest absolute Gasteiger partial charge is 0.292 e. The summed E-state index contributed by atoms with van der Waals surface area (Å²) in [6.07, 6.45) is 2.46. The fourth-order valence-corrected chi connectivity index (χ4v) is 3.31. The van der Waals surface area contributed by atoms with Gasteiger partial charge in [0.15, 0.2) is 0 Å². The van der Waals surface area contributed by atoms with Crippen molar-refractivity contribution < 1.29 is 9.72 Å². The van der Waals surface area contributed by atoms with Gasteiger partial charge in [-0.05, 0) is 30.4 Å². The molecule has 0 radical (unpaired) electrons. The Labute approximate surface area is 144 Å². The second-order valence-electron chi connectivity index (χ2n) is 5.78. The molecule has 0 saturated heterocycles. The standard InChI is InChI=1S/C17H19N3O3S/c21-17(19(13-7-8-13)12-14-4-3-11-24-14)9-10-18-15-5-1-2-6-16(15)20(22)23/h1-6,11,13,18H,7-10,12H2. The number of benzene rings is 1. The first-order valence-corrected chi connectivity index (χ1v) is 8.82. The molecule has 0 spiro atoms. The van der Waals surface area contributed by atoms with Crippen molar-refractivity contribution in [1.29, 1.82) is 0 Å². The van der Waals surface area contributed by atoms with E-state index >= 15 is 0 Å². The summed E-state index contributed by atoms with van der Waals surface area (Å²) in [5.41, 5.74) is 0.481. The number of rotatable bonds is 8. The van der Waals surface area contributed by atoms with Gasteiger partial charge in [0.1, 0.15) is 5.69 Å². The normalized spacial score (nSPS) is 13.5. The van der Waals surface area contributed by atoms with Gasteiger partial charge in [-0.3, -0.25) is 14.9 Å². The van der Waals surface area contributed by atoms with Crippen molar-refractivity contribution in [3.63, 3.8) is 0 Å². The number of para-hydroxylation sites is 2. The van der Waals surface area contributed by atoms with E-state index in [2.05, 4.69) is 5.32 Å². The van der Waals surface area contributed by atoms with Crippen molar-refractivity contribution in [3.05, 3.63) is 56.8 Å². The molecule has 2 aromatic rings. The fraction of sp³-hybridized carbons (Fsp3) is 0.353. The monoisotopic (exact) mass is 345 g/mol. The molecule has 3 rings (SSSR count). The molecule has 1 amide bonds. The largest absolute Gasteiger partial charge is 0.379 e. The molecular formula is C17H19N3O3S. The molecule has 0 unspecified atom stereocenters. The molecule has 7 heteroatoms. The molecule has 1 fully saturated rings. The Bertz CT molecular complexity index is 714. The molecule has 24 heavy (non-hydrogen) atoms. The Kier molecular flexibility index (Phi) is 5.10. The van der Waals surface area contributed by atoms with Crippen LogP contribution in [0.1, 0.15) is 24.1 Å². The van der Waals surface area contributed by atoms with Crippen LogP contribution in [0.4, 0.5) is 11.4 Å². The van der Waals surface area contributed by atoms with Crippen LogP contribution in [-0.2, 0) is 11.3 Å². The van der Waals surface area contributed by atoms with Crippen molar-refractivity contribution in [1.82, 2.24) is 4.90 Å². The highest BCUT2D eigenvalue weighted by atomic mass is 32.1. The summed E-state index contributed by atoms with van der Waals surface area (Å²) in [6.45, 7) is 1.05. The van der Waals surface area contributed by atoms with Crippen LogP contribution in [-0.4, -0.2) is 28.3 Å². The number of anilines is 1. The molecule has 126 valence electrons. The lowest BCUT2D eigenvalue weighted by atomic mass is 10.2. The van der Waals surface area contributed by atoms with Gasteiger partial charge in [0.05, 0.1) is 11.5 Å². The summed E-state index contributed by atoms with van der Waals surface area (Å²) >= 11 is 1.66. The number of carbonyl (C=O) groups excluding carboxylic acids is 1. The Morgan fingerprint density at radius 3 is 2.75 bits per heavy atom. The predicted octanol–water partition coefficient (Wildman–Crippen LogP) is 3.65. The Morgan fingerprint density at radius 1 is 1.29 bits per heavy atom. The fourth-order valence-electron chi connectivity index (χ4n) is 2.61. The van der Waals surface area contributed by atoms with E-state index in [1.165, 1.54) is 10.9 Å². The van der Waals surface area contributed by atoms with Gasteiger partial charge >= 0.3 is 0 Å². The van der Waals surface area contributed by atoms with Crippen LogP contribution in [0.5, 0.6) is 0 Å². The Balaban J connectivity index is 1.55. The number of carbonyl (C=O) groups is 1. The molecule has 1 aromatic carbocycles. The molecule has 0 bridgehead atoms. The van der Waals surface area contributed by atoms with Crippen LogP contribution in [0.3, 0.4) is 0 Å². The second kappa shape index (κ2) is 7.44. The first kappa shape index (κ1) is 16.4. The molecule has 1 heterocycles. The van der Waals surface area contributed by atoms with Crippen LogP contribution < -0.4 is 5.32 Å². The highest BCUT2D eigenvalue weighted by molar-refractivity contribution is 7.09. The molecule has 1 saturated carbocycles. The van der Waals surface area contributed by atoms with E-state index in [4.69, 9.17) is 0 Å². The molecule has 1 N–H and O–H groups in total. The van der Waals surface area contributed by atoms with Gasteiger partial charge in [-0.15, -0.1) is 11.3 Å². The third-order valence-electron chi connectivity index (χ3n) is 3.97. The Morgan fingerprint density at radius 2 is 2.08 bits per heavy atom. The van der Waals surface area contributed by atoms with E-state index in [0.29, 0.717) is 31.2 Å². The zero-order valence-corrected chi connectivity index (χ0v) is 14.0. The van der Waals surface area contributed by atoms with Gasteiger partial charge in [0.25, 0.3) is 5.69 Å². The van der Waals surface area contributed by atoms with Gasteiger partial charge in [0.2, 0.25) is 5.91 Å². The maximum atomic E-state index is 12.5. The summed E-state index contributed by atoms with van der Waals surface area (Å²) in [4.78, 5) is 26.2. The summed E-state index contributed by atoms with van der Waals surface area (Å²) in [6, 6.07) is 10.9. The third kappa shape index (κ3) is 4.11. The highest BCUT2D eigenvalue weighted by Gasteiger charge is 2.32. The van der Waals surface area contributed by atoms with Crippen LogP contribution in [0.15, 0.2) is 41.8 Å². The minimum atomic E-state index is -0.419. The lowest BCUT2D eigenvalue weighted by Gasteiger charge is -2.22. The number of hydrogen-bond donors (Lipinski definition) is 1. The van der Waals surface area contributed by atoms with Crippen molar-refractivity contribution in [2.45, 2.75) is 31.8 Å². The van der Waals surface area contributed by atoms with Crippen LogP contribution >= 0.6 is 11.3 Å². The lowest BCUT2D eigenvalue weighted by Crippen LogP contribution is -2.33. The van der Waals surface area contributed by atoms with E-state index in [-0.39, 0.29) is 11.6 Å². The minimum Gasteiger partial charge on any atom is -0.379 e. The van der Waals surface area contributed by atoms with Gasteiger partial charge in [0, 0.05) is 30.0 Å². The summed E-state index contributed by atoms with van der Waals surface area (Å²) < 4.78 is 0. The number of hydrogen-bond acceptors (Lipinski definition) is 5. The maximum Gasteiger partial charge on any atom is 0.292 e. The van der Waals surface area contributed by atoms with Gasteiger partial charge < -0.3 is 10.2 Å². The molecule has 1 aliphatic carbocycles. The van der Waals surface area contributed by atoms with Gasteiger partial charge in [-0.1, -0.05) is 18.2 Å². The summed E-state index contributed by atoms with van der Waals surface area (Å²) in [7, 11) is 0. The maximum absolute atomic E-state index is 12.5. The van der Waals surface area contributed by atoms with E-state index in [0.717, 1.165) is 12.8 Å². The van der Waals surface area contributed by atoms with E-state index in [1.54, 1.807) is 29.5 Å². The van der Waals surface area contributed by atoms with Crippen molar-refractivity contribution in [3.8, 4) is 0 Å². The average molecular weight is 345 g/mol. The number of nitrogens with zero attached hydrogens (tertiary/aromatic N) is 2. The van der Waals surface area contributed by atoms with Crippen LogP contribution in [0.25, 0.3) is 0 Å². The summed E-state index contributed by atoms with van der Waals surface area (Å²) in [5, 5.41) is 16.0. The van der Waals surface area contributed by atoms with Crippen LogP contribution in [0, 0.1) is 10.1 Å². The molecule has 0 atom stereocenters. The molecule has 1 aliphatic rings. The second-order valence-corrected chi connectivity index (χ2v) is 6.82. The van der Waals surface area contributed by atoms with E-state index in [9.17, 15) is 14.9 Å². The predicted molar refractivity (Wildman–Crippen MR) is 94.1 cm³/mol. The highest BCUT2D eigenvalue weighted by Crippen LogP contribution is 2.30. The number of nitro benzene ring substituents is 1. The molecule has 0 aliphatic heterocycles. The number of nitro groups is 1. The molecule has 1 aromatic heterocycles. The van der Waals surface area contributed by atoms with Gasteiger partial charge in [-0.2, -0.15) is 0 Å². The van der Waals surface area contributed by atoms with E-state index < -0.39 is 4.92 Å². The molecule has 6 nitrogen and oxygen atoms in total. The number of nitrogens with one attached hydrogen (secondary N) is 1. The number of amides is 1. The van der Waals surface area contributed by atoms with Crippen molar-refractivity contribution in [2.24, 2.45) is 0 Å². The van der Waals surface area contributed by atoms with Crippen molar-refractivity contribution in [2.75, 3.05) is 11.9 Å².